The molecule has 1 aliphatic heterocycles. The van der Waals surface area contributed by atoms with Crippen molar-refractivity contribution in [1.82, 2.24) is 14.5 Å². The molecule has 3 aromatic rings. The standard InChI is InChI=1S/C19H17N3O3/c23-17-8-4-5-10-21(17)13-18(24)22-11-9-16-15(12-22)20-19(25-16)14-6-2-1-3-7-14/h1-8,10H,9,11-13H2. The molecule has 0 saturated carbocycles. The molecule has 0 fully saturated rings. The van der Waals surface area contributed by atoms with Gasteiger partial charge in [0.1, 0.15) is 18.0 Å². The Bertz CT molecular complexity index is 959. The molecule has 6 nitrogen and oxygen atoms in total. The minimum absolute atomic E-state index is 0.0401. The molecule has 0 unspecified atom stereocenters. The van der Waals surface area contributed by atoms with Gasteiger partial charge in [0.15, 0.2) is 0 Å². The van der Waals surface area contributed by atoms with Gasteiger partial charge in [0.2, 0.25) is 11.8 Å². The molecule has 3 heterocycles. The molecular formula is C19H17N3O3. The Morgan fingerprint density at radius 3 is 2.72 bits per heavy atom. The van der Waals surface area contributed by atoms with Crippen molar-refractivity contribution in [2.75, 3.05) is 6.54 Å². The Morgan fingerprint density at radius 2 is 1.92 bits per heavy atom. The normalized spacial score (nSPS) is 13.5. The number of hydrogen-bond acceptors (Lipinski definition) is 4. The number of hydrogen-bond donors (Lipinski definition) is 0. The van der Waals surface area contributed by atoms with Crippen molar-refractivity contribution in [2.45, 2.75) is 19.5 Å². The van der Waals surface area contributed by atoms with E-state index in [2.05, 4.69) is 4.98 Å². The third-order valence-corrected chi connectivity index (χ3v) is 4.31. The summed E-state index contributed by atoms with van der Waals surface area (Å²) in [5.41, 5.74) is 1.53. The monoisotopic (exact) mass is 335 g/mol. The zero-order valence-electron chi connectivity index (χ0n) is 13.6. The summed E-state index contributed by atoms with van der Waals surface area (Å²) in [5, 5.41) is 0. The fourth-order valence-corrected chi connectivity index (χ4v) is 2.95. The van der Waals surface area contributed by atoms with Gasteiger partial charge in [-0.05, 0) is 18.2 Å². The van der Waals surface area contributed by atoms with Crippen LogP contribution < -0.4 is 5.56 Å². The summed E-state index contributed by atoms with van der Waals surface area (Å²) in [4.78, 5) is 30.5. The van der Waals surface area contributed by atoms with Crippen LogP contribution in [0.1, 0.15) is 11.5 Å². The van der Waals surface area contributed by atoms with Crippen LogP contribution in [0.5, 0.6) is 0 Å². The van der Waals surface area contributed by atoms with Gasteiger partial charge in [-0.25, -0.2) is 4.98 Å². The van der Waals surface area contributed by atoms with E-state index in [1.807, 2.05) is 30.3 Å². The van der Waals surface area contributed by atoms with Crippen molar-refractivity contribution in [3.63, 3.8) is 0 Å². The van der Waals surface area contributed by atoms with E-state index in [9.17, 15) is 9.59 Å². The minimum Gasteiger partial charge on any atom is -0.441 e. The zero-order chi connectivity index (χ0) is 17.2. The first-order valence-corrected chi connectivity index (χ1v) is 8.18. The highest BCUT2D eigenvalue weighted by Crippen LogP contribution is 2.26. The average Bonchev–Trinajstić information content (AvgIpc) is 3.07. The first-order valence-electron chi connectivity index (χ1n) is 8.18. The van der Waals surface area contributed by atoms with Crippen LogP contribution in [0, 0.1) is 0 Å². The Hall–Kier alpha value is -3.15. The summed E-state index contributed by atoms with van der Waals surface area (Å²) < 4.78 is 7.27. The molecular weight excluding hydrogens is 318 g/mol. The predicted octanol–water partition coefficient (Wildman–Crippen LogP) is 2.09. The van der Waals surface area contributed by atoms with Gasteiger partial charge in [0.25, 0.3) is 5.56 Å². The van der Waals surface area contributed by atoms with E-state index in [-0.39, 0.29) is 18.0 Å². The molecule has 4 rings (SSSR count). The van der Waals surface area contributed by atoms with Crippen molar-refractivity contribution in [1.29, 1.82) is 0 Å². The number of rotatable bonds is 3. The summed E-state index contributed by atoms with van der Waals surface area (Å²) in [6.45, 7) is 1.02. The predicted molar refractivity (Wildman–Crippen MR) is 91.8 cm³/mol. The lowest BCUT2D eigenvalue weighted by Gasteiger charge is -2.25. The molecule has 1 aliphatic rings. The van der Waals surface area contributed by atoms with E-state index in [0.29, 0.717) is 25.4 Å². The Labute approximate surface area is 144 Å². The maximum atomic E-state index is 12.5. The molecule has 2 aromatic heterocycles. The highest BCUT2D eigenvalue weighted by molar-refractivity contribution is 5.76. The summed E-state index contributed by atoms with van der Waals surface area (Å²) in [5.74, 6) is 1.32. The van der Waals surface area contributed by atoms with Crippen molar-refractivity contribution in [2.24, 2.45) is 0 Å². The molecule has 0 saturated heterocycles. The van der Waals surface area contributed by atoms with Gasteiger partial charge in [0.05, 0.1) is 6.54 Å². The van der Waals surface area contributed by atoms with Gasteiger partial charge in [-0.3, -0.25) is 9.59 Å². The van der Waals surface area contributed by atoms with Gasteiger partial charge in [-0.15, -0.1) is 0 Å². The quantitative estimate of drug-likeness (QED) is 0.735. The topological polar surface area (TPSA) is 68.3 Å². The number of oxazole rings is 1. The van der Waals surface area contributed by atoms with Gasteiger partial charge in [-0.2, -0.15) is 0 Å². The van der Waals surface area contributed by atoms with E-state index in [4.69, 9.17) is 4.42 Å². The number of carbonyl (C=O) groups is 1. The molecule has 1 amide bonds. The summed E-state index contributed by atoms with van der Waals surface area (Å²) >= 11 is 0. The number of fused-ring (bicyclic) bond motifs is 1. The maximum Gasteiger partial charge on any atom is 0.250 e. The Morgan fingerprint density at radius 1 is 1.12 bits per heavy atom. The highest BCUT2D eigenvalue weighted by atomic mass is 16.4. The van der Waals surface area contributed by atoms with Crippen LogP contribution in [0.4, 0.5) is 0 Å². The molecule has 0 spiro atoms. The number of aromatic nitrogens is 2. The Balaban J connectivity index is 1.51. The van der Waals surface area contributed by atoms with Gasteiger partial charge in [-0.1, -0.05) is 24.3 Å². The number of benzene rings is 1. The lowest BCUT2D eigenvalue weighted by molar-refractivity contribution is -0.132. The highest BCUT2D eigenvalue weighted by Gasteiger charge is 2.25. The van der Waals surface area contributed by atoms with Crippen molar-refractivity contribution < 1.29 is 9.21 Å². The molecule has 0 N–H and O–H groups in total. The van der Waals surface area contributed by atoms with Crippen LogP contribution in [-0.2, 0) is 24.3 Å². The van der Waals surface area contributed by atoms with Crippen LogP contribution in [0.2, 0.25) is 0 Å². The summed E-state index contributed by atoms with van der Waals surface area (Å²) in [6.07, 6.45) is 2.25. The molecule has 0 aliphatic carbocycles. The third-order valence-electron chi connectivity index (χ3n) is 4.31. The number of pyridine rings is 1. The molecule has 6 heteroatoms. The number of nitrogens with zero attached hydrogens (tertiary/aromatic N) is 3. The lowest BCUT2D eigenvalue weighted by Crippen LogP contribution is -2.39. The molecule has 25 heavy (non-hydrogen) atoms. The van der Waals surface area contributed by atoms with E-state index < -0.39 is 0 Å². The number of amides is 1. The summed E-state index contributed by atoms with van der Waals surface area (Å²) in [6, 6.07) is 14.6. The van der Waals surface area contributed by atoms with Gasteiger partial charge < -0.3 is 13.9 Å². The number of carbonyl (C=O) groups excluding carboxylic acids is 1. The minimum atomic E-state index is -0.179. The molecule has 1 aromatic carbocycles. The molecule has 126 valence electrons. The van der Waals surface area contributed by atoms with Crippen molar-refractivity contribution >= 4 is 5.91 Å². The van der Waals surface area contributed by atoms with E-state index >= 15 is 0 Å². The van der Waals surface area contributed by atoms with Crippen molar-refractivity contribution in [3.05, 3.63) is 76.5 Å². The third kappa shape index (κ3) is 3.10. The van der Waals surface area contributed by atoms with Gasteiger partial charge >= 0.3 is 0 Å². The molecule has 0 atom stereocenters. The van der Waals surface area contributed by atoms with Crippen LogP contribution in [0.15, 0.2) is 63.9 Å². The van der Waals surface area contributed by atoms with Crippen LogP contribution >= 0.6 is 0 Å². The van der Waals surface area contributed by atoms with E-state index in [1.165, 1.54) is 10.6 Å². The molecule has 0 bridgehead atoms. The zero-order valence-corrected chi connectivity index (χ0v) is 13.6. The fraction of sp³-hybridized carbons (Fsp3) is 0.211. The first-order chi connectivity index (χ1) is 12.2. The van der Waals surface area contributed by atoms with E-state index in [1.54, 1.807) is 23.2 Å². The van der Waals surface area contributed by atoms with Crippen LogP contribution in [0.3, 0.4) is 0 Å². The SMILES string of the molecule is O=C(Cn1ccccc1=O)N1CCc2oc(-c3ccccc3)nc2C1. The van der Waals surface area contributed by atoms with Crippen LogP contribution in [-0.4, -0.2) is 26.9 Å². The average molecular weight is 335 g/mol. The van der Waals surface area contributed by atoms with Crippen LogP contribution in [0.25, 0.3) is 11.5 Å². The van der Waals surface area contributed by atoms with Gasteiger partial charge in [0, 0.05) is 30.8 Å². The first kappa shape index (κ1) is 15.4. The second-order valence-corrected chi connectivity index (χ2v) is 5.99. The largest absolute Gasteiger partial charge is 0.441 e. The van der Waals surface area contributed by atoms with E-state index in [0.717, 1.165) is 17.0 Å². The molecule has 0 radical (unpaired) electrons. The van der Waals surface area contributed by atoms with Crippen molar-refractivity contribution in [3.8, 4) is 11.5 Å². The second-order valence-electron chi connectivity index (χ2n) is 5.99. The fourth-order valence-electron chi connectivity index (χ4n) is 2.95. The summed E-state index contributed by atoms with van der Waals surface area (Å²) in [7, 11) is 0. The maximum absolute atomic E-state index is 12.5. The lowest BCUT2D eigenvalue weighted by atomic mass is 10.1. The smallest absolute Gasteiger partial charge is 0.250 e. The second kappa shape index (κ2) is 6.39. The Kier molecular flexibility index (Phi) is 3.93.